The van der Waals surface area contributed by atoms with Crippen LogP contribution < -0.4 is 15.2 Å². The first-order valence-electron chi connectivity index (χ1n) is 9.01. The molecule has 0 aliphatic carbocycles. The first-order chi connectivity index (χ1) is 14.6. The van der Waals surface area contributed by atoms with Crippen molar-refractivity contribution >= 4 is 28.3 Å². The summed E-state index contributed by atoms with van der Waals surface area (Å²) in [5, 5.41) is 15.5. The predicted molar refractivity (Wildman–Crippen MR) is 108 cm³/mol. The minimum Gasteiger partial charge on any atom is -0.495 e. The number of aromatic nitrogens is 2. The summed E-state index contributed by atoms with van der Waals surface area (Å²) in [4.78, 5) is 38.5. The lowest BCUT2D eigenvalue weighted by Crippen LogP contribution is -2.36. The summed E-state index contributed by atoms with van der Waals surface area (Å²) in [6, 6.07) is 15.3. The van der Waals surface area contributed by atoms with Gasteiger partial charge in [-0.25, -0.2) is 9.89 Å². The zero-order valence-corrected chi connectivity index (χ0v) is 16.1. The molecule has 1 aromatic heterocycles. The van der Waals surface area contributed by atoms with Gasteiger partial charge in [0.25, 0.3) is 11.5 Å². The molecule has 2 aromatic carbocycles. The summed E-state index contributed by atoms with van der Waals surface area (Å²) in [6.45, 7) is -0.468. The molecule has 9 nitrogen and oxygen atoms in total. The molecule has 0 aliphatic heterocycles. The summed E-state index contributed by atoms with van der Waals surface area (Å²) in [7, 11) is 1.47. The standard InChI is InChI=1S/C21H18N4O5/c1-29-17-10-5-4-9-16(17)25(12-6-11-22)18(26)13-30-21(28)19-14-7-2-3-8-15(14)20(27)24-23-19/h2-5,7-10H,6,12-13H2,1H3,(H,24,27). The van der Waals surface area contributed by atoms with Crippen LogP contribution in [0.5, 0.6) is 5.75 Å². The molecule has 0 aliphatic rings. The zero-order chi connectivity index (χ0) is 21.5. The fraction of sp³-hybridized carbons (Fsp3) is 0.190. The minimum atomic E-state index is -0.851. The van der Waals surface area contributed by atoms with E-state index < -0.39 is 24.0 Å². The number of nitrogens with zero attached hydrogens (tertiary/aromatic N) is 3. The van der Waals surface area contributed by atoms with Gasteiger partial charge in [-0.1, -0.05) is 30.3 Å². The topological polar surface area (TPSA) is 125 Å². The predicted octanol–water partition coefficient (Wildman–Crippen LogP) is 2.04. The number of H-pyrrole nitrogens is 1. The molecule has 30 heavy (non-hydrogen) atoms. The first kappa shape index (κ1) is 20.5. The van der Waals surface area contributed by atoms with E-state index in [1.165, 1.54) is 12.0 Å². The Kier molecular flexibility index (Phi) is 6.39. The van der Waals surface area contributed by atoms with Crippen molar-refractivity contribution in [1.29, 1.82) is 5.26 Å². The summed E-state index contributed by atoms with van der Waals surface area (Å²) < 4.78 is 10.4. The third-order valence-corrected chi connectivity index (χ3v) is 4.34. The number of fused-ring (bicyclic) bond motifs is 1. The van der Waals surface area contributed by atoms with Crippen molar-refractivity contribution < 1.29 is 19.1 Å². The molecule has 3 rings (SSSR count). The maximum Gasteiger partial charge on any atom is 0.359 e. The number of hydrogen-bond acceptors (Lipinski definition) is 7. The van der Waals surface area contributed by atoms with Crippen LogP contribution in [0.1, 0.15) is 16.9 Å². The molecule has 3 aromatic rings. The van der Waals surface area contributed by atoms with E-state index in [1.807, 2.05) is 6.07 Å². The molecule has 0 radical (unpaired) electrons. The molecule has 0 spiro atoms. The molecule has 0 saturated heterocycles. The maximum absolute atomic E-state index is 12.8. The highest BCUT2D eigenvalue weighted by molar-refractivity contribution is 6.03. The highest BCUT2D eigenvalue weighted by Gasteiger charge is 2.22. The van der Waals surface area contributed by atoms with Gasteiger partial charge in [-0.2, -0.15) is 10.4 Å². The Balaban J connectivity index is 1.80. The van der Waals surface area contributed by atoms with Crippen molar-refractivity contribution in [2.45, 2.75) is 6.42 Å². The Morgan fingerprint density at radius 3 is 2.57 bits per heavy atom. The molecule has 1 N–H and O–H groups in total. The molecular weight excluding hydrogens is 388 g/mol. The van der Waals surface area contributed by atoms with Crippen molar-refractivity contribution in [2.75, 3.05) is 25.2 Å². The fourth-order valence-corrected chi connectivity index (χ4v) is 2.94. The van der Waals surface area contributed by atoms with Crippen molar-refractivity contribution in [1.82, 2.24) is 10.2 Å². The van der Waals surface area contributed by atoms with Gasteiger partial charge in [0, 0.05) is 11.9 Å². The lowest BCUT2D eigenvalue weighted by Gasteiger charge is -2.23. The number of carbonyl (C=O) groups is 2. The Morgan fingerprint density at radius 2 is 1.83 bits per heavy atom. The monoisotopic (exact) mass is 406 g/mol. The first-order valence-corrected chi connectivity index (χ1v) is 9.01. The summed E-state index contributed by atoms with van der Waals surface area (Å²) in [5.74, 6) is -0.934. The molecule has 1 heterocycles. The van der Waals surface area contributed by atoms with Crippen molar-refractivity contribution in [3.05, 3.63) is 64.6 Å². The SMILES string of the molecule is COc1ccccc1N(CCC#N)C(=O)COC(=O)c1n[nH]c(=O)c2ccccc12. The number of carbonyl (C=O) groups excluding carboxylic acids is 2. The quantitative estimate of drug-likeness (QED) is 0.595. The normalized spacial score (nSPS) is 10.3. The van der Waals surface area contributed by atoms with Gasteiger partial charge in [0.2, 0.25) is 0 Å². The largest absolute Gasteiger partial charge is 0.495 e. The number of ether oxygens (including phenoxy) is 2. The van der Waals surface area contributed by atoms with Crippen molar-refractivity contribution in [3.63, 3.8) is 0 Å². The van der Waals surface area contributed by atoms with Crippen molar-refractivity contribution in [2.24, 2.45) is 0 Å². The van der Waals surface area contributed by atoms with E-state index in [4.69, 9.17) is 14.7 Å². The van der Waals surface area contributed by atoms with Gasteiger partial charge < -0.3 is 14.4 Å². The molecule has 9 heteroatoms. The van der Waals surface area contributed by atoms with Crippen LogP contribution in [-0.4, -0.2) is 42.3 Å². The minimum absolute atomic E-state index is 0.0872. The summed E-state index contributed by atoms with van der Waals surface area (Å²) in [6.07, 6.45) is 0.0872. The maximum atomic E-state index is 12.8. The van der Waals surface area contributed by atoms with E-state index in [0.29, 0.717) is 16.8 Å². The molecule has 0 atom stereocenters. The van der Waals surface area contributed by atoms with Gasteiger partial charge in [-0.15, -0.1) is 0 Å². The van der Waals surface area contributed by atoms with Crippen LogP contribution in [0.3, 0.4) is 0 Å². The number of anilines is 1. The highest BCUT2D eigenvalue weighted by atomic mass is 16.5. The van der Waals surface area contributed by atoms with Crippen LogP contribution in [0.2, 0.25) is 0 Å². The molecule has 1 amide bonds. The zero-order valence-electron chi connectivity index (χ0n) is 16.1. The Labute approximate surface area is 171 Å². The number of nitrogens with one attached hydrogen (secondary N) is 1. The average Bonchev–Trinajstić information content (AvgIpc) is 2.78. The third kappa shape index (κ3) is 4.28. The van der Waals surface area contributed by atoms with Crippen LogP contribution in [0.15, 0.2) is 53.3 Å². The van der Waals surface area contributed by atoms with E-state index in [1.54, 1.807) is 48.5 Å². The molecule has 152 valence electrons. The van der Waals surface area contributed by atoms with Crippen LogP contribution in [-0.2, 0) is 9.53 Å². The van der Waals surface area contributed by atoms with E-state index in [9.17, 15) is 14.4 Å². The number of esters is 1. The second kappa shape index (κ2) is 9.34. The van der Waals surface area contributed by atoms with E-state index in [0.717, 1.165) is 0 Å². The van der Waals surface area contributed by atoms with Crippen LogP contribution in [0.4, 0.5) is 5.69 Å². The molecule has 0 fully saturated rings. The molecule has 0 saturated carbocycles. The van der Waals surface area contributed by atoms with E-state index in [-0.39, 0.29) is 24.0 Å². The lowest BCUT2D eigenvalue weighted by molar-refractivity contribution is -0.121. The smallest absolute Gasteiger partial charge is 0.359 e. The second-order valence-corrected chi connectivity index (χ2v) is 6.15. The lowest BCUT2D eigenvalue weighted by atomic mass is 10.1. The van der Waals surface area contributed by atoms with Gasteiger partial charge in [-0.05, 0) is 18.2 Å². The highest BCUT2D eigenvalue weighted by Crippen LogP contribution is 2.28. The number of nitriles is 1. The van der Waals surface area contributed by atoms with E-state index in [2.05, 4.69) is 10.2 Å². The number of benzene rings is 2. The van der Waals surface area contributed by atoms with Crippen LogP contribution in [0.25, 0.3) is 10.8 Å². The number of methoxy groups -OCH3 is 1. The number of aromatic amines is 1. The number of rotatable bonds is 7. The molecular formula is C21H18N4O5. The molecule has 0 bridgehead atoms. The van der Waals surface area contributed by atoms with Gasteiger partial charge in [-0.3, -0.25) is 9.59 Å². The van der Waals surface area contributed by atoms with Gasteiger partial charge in [0.1, 0.15) is 5.75 Å². The van der Waals surface area contributed by atoms with Gasteiger partial charge in [0.15, 0.2) is 12.3 Å². The average molecular weight is 406 g/mol. The van der Waals surface area contributed by atoms with Gasteiger partial charge in [0.05, 0.1) is 30.7 Å². The molecule has 0 unspecified atom stereocenters. The Hall–Kier alpha value is -4.19. The fourth-order valence-electron chi connectivity index (χ4n) is 2.94. The number of para-hydroxylation sites is 2. The van der Waals surface area contributed by atoms with E-state index >= 15 is 0 Å². The van der Waals surface area contributed by atoms with Crippen LogP contribution in [0, 0.1) is 11.3 Å². The van der Waals surface area contributed by atoms with Gasteiger partial charge >= 0.3 is 5.97 Å². The summed E-state index contributed by atoms with van der Waals surface area (Å²) >= 11 is 0. The third-order valence-electron chi connectivity index (χ3n) is 4.34. The second-order valence-electron chi connectivity index (χ2n) is 6.15. The van der Waals surface area contributed by atoms with Crippen LogP contribution >= 0.6 is 0 Å². The Morgan fingerprint density at radius 1 is 1.13 bits per heavy atom. The summed E-state index contributed by atoms with van der Waals surface area (Å²) in [5.41, 5.74) is -0.0696. The number of amides is 1. The Bertz CT molecular complexity index is 1180. The number of hydrogen-bond donors (Lipinski definition) is 1. The van der Waals surface area contributed by atoms with Crippen molar-refractivity contribution in [3.8, 4) is 11.8 Å².